The van der Waals surface area contributed by atoms with E-state index in [0.29, 0.717) is 24.2 Å². The lowest BCUT2D eigenvalue weighted by Gasteiger charge is -2.28. The van der Waals surface area contributed by atoms with Crippen LogP contribution in [0.2, 0.25) is 0 Å². The molecule has 0 aromatic heterocycles. The third kappa shape index (κ3) is 4.07. The number of halogens is 2. The van der Waals surface area contributed by atoms with Crippen LogP contribution in [0, 0.1) is 11.6 Å². The first kappa shape index (κ1) is 16.9. The fourth-order valence-corrected chi connectivity index (χ4v) is 3.02. The Balaban J connectivity index is 2.03. The molecule has 4 heteroatoms. The van der Waals surface area contributed by atoms with E-state index < -0.39 is 11.6 Å². The lowest BCUT2D eigenvalue weighted by atomic mass is 9.82. The highest BCUT2D eigenvalue weighted by Crippen LogP contribution is 2.36. The second kappa shape index (κ2) is 8.28. The van der Waals surface area contributed by atoms with Gasteiger partial charge in [0.05, 0.1) is 19.0 Å². The minimum atomic E-state index is -0.721. The maximum atomic E-state index is 14.3. The highest BCUT2D eigenvalue weighted by atomic mass is 19.2. The van der Waals surface area contributed by atoms with Crippen LogP contribution < -0.4 is 0 Å². The Morgan fingerprint density at radius 3 is 2.50 bits per heavy atom. The van der Waals surface area contributed by atoms with Crippen LogP contribution in [0.1, 0.15) is 49.7 Å². The summed E-state index contributed by atoms with van der Waals surface area (Å²) in [7, 11) is 1.55. The minimum Gasteiger partial charge on any atom is -0.498 e. The molecule has 0 N–H and O–H groups in total. The van der Waals surface area contributed by atoms with Crippen LogP contribution in [0.15, 0.2) is 24.5 Å². The smallest absolute Gasteiger partial charge is 0.162 e. The Labute approximate surface area is 131 Å². The number of hydrogen-bond donors (Lipinski definition) is 0. The molecule has 0 amide bonds. The Kier molecular flexibility index (Phi) is 6.37. The summed E-state index contributed by atoms with van der Waals surface area (Å²) in [6.07, 6.45) is 7.56. The van der Waals surface area contributed by atoms with Gasteiger partial charge < -0.3 is 9.47 Å². The van der Waals surface area contributed by atoms with Gasteiger partial charge in [0.25, 0.3) is 0 Å². The number of rotatable bonds is 6. The molecule has 1 aliphatic rings. The molecule has 122 valence electrons. The summed E-state index contributed by atoms with van der Waals surface area (Å²) in [5, 5.41) is 0. The summed E-state index contributed by atoms with van der Waals surface area (Å²) < 4.78 is 38.9. The summed E-state index contributed by atoms with van der Waals surface area (Å²) in [4.78, 5) is 0. The van der Waals surface area contributed by atoms with Gasteiger partial charge in [-0.05, 0) is 56.1 Å². The van der Waals surface area contributed by atoms with E-state index in [1.54, 1.807) is 25.5 Å². The zero-order chi connectivity index (χ0) is 15.9. The zero-order valence-electron chi connectivity index (χ0n) is 13.3. The molecular weight excluding hydrogens is 286 g/mol. The van der Waals surface area contributed by atoms with E-state index in [2.05, 4.69) is 0 Å². The molecule has 0 atom stereocenters. The van der Waals surface area contributed by atoms with Crippen molar-refractivity contribution in [2.45, 2.75) is 51.0 Å². The van der Waals surface area contributed by atoms with Crippen LogP contribution in [0.3, 0.4) is 0 Å². The molecule has 1 aliphatic carbocycles. The van der Waals surface area contributed by atoms with Gasteiger partial charge in [-0.15, -0.1) is 0 Å². The molecule has 0 heterocycles. The van der Waals surface area contributed by atoms with Crippen LogP contribution in [0.4, 0.5) is 8.78 Å². The maximum absolute atomic E-state index is 14.3. The number of allylic oxidation sites excluding steroid dienone is 1. The van der Waals surface area contributed by atoms with Gasteiger partial charge in [-0.3, -0.25) is 0 Å². The van der Waals surface area contributed by atoms with E-state index in [9.17, 15) is 8.78 Å². The van der Waals surface area contributed by atoms with Gasteiger partial charge in [0.15, 0.2) is 11.6 Å². The summed E-state index contributed by atoms with van der Waals surface area (Å²) in [6.45, 7) is 2.30. The number of benzene rings is 1. The van der Waals surface area contributed by atoms with Crippen molar-refractivity contribution in [3.63, 3.8) is 0 Å². The molecule has 0 radical (unpaired) electrons. The Morgan fingerprint density at radius 2 is 1.86 bits per heavy atom. The van der Waals surface area contributed by atoms with Crippen molar-refractivity contribution in [2.75, 3.05) is 13.7 Å². The van der Waals surface area contributed by atoms with Crippen LogP contribution in [-0.4, -0.2) is 19.8 Å². The molecule has 0 saturated heterocycles. The molecule has 0 unspecified atom stereocenters. The first-order valence-corrected chi connectivity index (χ1v) is 7.89. The number of methoxy groups -OCH3 is 1. The third-order valence-corrected chi connectivity index (χ3v) is 4.29. The van der Waals surface area contributed by atoms with E-state index in [1.807, 2.05) is 13.0 Å². The van der Waals surface area contributed by atoms with Gasteiger partial charge in [-0.2, -0.15) is 0 Å². The average Bonchev–Trinajstić information content (AvgIpc) is 2.55. The Bertz CT molecular complexity index is 506. The van der Waals surface area contributed by atoms with Gasteiger partial charge in [0, 0.05) is 7.11 Å². The SMILES string of the molecule is C/C=C/OC1CCC(c2ccc(CCOC)c(F)c2F)CC1. The molecular formula is C18H24F2O2. The average molecular weight is 310 g/mol. The third-order valence-electron chi connectivity index (χ3n) is 4.29. The quantitative estimate of drug-likeness (QED) is 0.707. The van der Waals surface area contributed by atoms with Crippen molar-refractivity contribution in [1.29, 1.82) is 0 Å². The maximum Gasteiger partial charge on any atom is 0.162 e. The van der Waals surface area contributed by atoms with Crippen molar-refractivity contribution in [1.82, 2.24) is 0 Å². The van der Waals surface area contributed by atoms with Crippen LogP contribution in [0.5, 0.6) is 0 Å². The number of ether oxygens (including phenoxy) is 2. The Hall–Kier alpha value is -1.42. The topological polar surface area (TPSA) is 18.5 Å². The van der Waals surface area contributed by atoms with Gasteiger partial charge in [0.1, 0.15) is 0 Å². The van der Waals surface area contributed by atoms with Crippen molar-refractivity contribution in [3.05, 3.63) is 47.2 Å². The van der Waals surface area contributed by atoms with Crippen molar-refractivity contribution in [2.24, 2.45) is 0 Å². The highest BCUT2D eigenvalue weighted by molar-refractivity contribution is 5.29. The molecule has 0 bridgehead atoms. The molecule has 1 aromatic rings. The molecule has 22 heavy (non-hydrogen) atoms. The molecule has 0 aliphatic heterocycles. The van der Waals surface area contributed by atoms with Gasteiger partial charge in [0.2, 0.25) is 0 Å². The summed E-state index contributed by atoms with van der Waals surface area (Å²) in [5.74, 6) is -1.33. The first-order chi connectivity index (χ1) is 10.7. The first-order valence-electron chi connectivity index (χ1n) is 7.89. The predicted octanol–water partition coefficient (Wildman–Crippen LogP) is 4.73. The second-order valence-electron chi connectivity index (χ2n) is 5.76. The lowest BCUT2D eigenvalue weighted by molar-refractivity contribution is 0.0989. The standard InChI is InChI=1S/C18H24F2O2/c1-3-11-22-15-7-4-13(5-8-15)16-9-6-14(10-12-21-2)17(19)18(16)20/h3,6,9,11,13,15H,4-5,7-8,10,12H2,1-2H3/b11-3+. The van der Waals surface area contributed by atoms with Gasteiger partial charge in [-0.25, -0.2) is 8.78 Å². The highest BCUT2D eigenvalue weighted by Gasteiger charge is 2.26. The van der Waals surface area contributed by atoms with E-state index in [4.69, 9.17) is 9.47 Å². The fraction of sp³-hybridized carbons (Fsp3) is 0.556. The molecule has 1 aromatic carbocycles. The van der Waals surface area contributed by atoms with Crippen LogP contribution in [-0.2, 0) is 15.9 Å². The van der Waals surface area contributed by atoms with Crippen LogP contribution >= 0.6 is 0 Å². The van der Waals surface area contributed by atoms with E-state index >= 15 is 0 Å². The van der Waals surface area contributed by atoms with E-state index in [1.165, 1.54) is 0 Å². The summed E-state index contributed by atoms with van der Waals surface area (Å²) >= 11 is 0. The van der Waals surface area contributed by atoms with Crippen LogP contribution in [0.25, 0.3) is 0 Å². The molecule has 1 fully saturated rings. The Morgan fingerprint density at radius 1 is 1.14 bits per heavy atom. The fourth-order valence-electron chi connectivity index (χ4n) is 3.02. The predicted molar refractivity (Wildman–Crippen MR) is 82.8 cm³/mol. The van der Waals surface area contributed by atoms with Gasteiger partial charge in [-0.1, -0.05) is 18.2 Å². The normalized spacial score (nSPS) is 22.2. The van der Waals surface area contributed by atoms with Gasteiger partial charge >= 0.3 is 0 Å². The monoisotopic (exact) mass is 310 g/mol. The summed E-state index contributed by atoms with van der Waals surface area (Å²) in [6, 6.07) is 3.43. The van der Waals surface area contributed by atoms with Crippen molar-refractivity contribution < 1.29 is 18.3 Å². The summed E-state index contributed by atoms with van der Waals surface area (Å²) in [5.41, 5.74) is 0.886. The molecule has 2 rings (SSSR count). The van der Waals surface area contributed by atoms with E-state index in [0.717, 1.165) is 25.7 Å². The largest absolute Gasteiger partial charge is 0.498 e. The molecule has 1 saturated carbocycles. The number of hydrogen-bond acceptors (Lipinski definition) is 2. The molecule has 0 spiro atoms. The van der Waals surface area contributed by atoms with Crippen molar-refractivity contribution in [3.8, 4) is 0 Å². The van der Waals surface area contributed by atoms with Crippen molar-refractivity contribution >= 4 is 0 Å². The van der Waals surface area contributed by atoms with E-state index in [-0.39, 0.29) is 12.0 Å². The minimum absolute atomic E-state index is 0.0800. The zero-order valence-corrected chi connectivity index (χ0v) is 13.3. The lowest BCUT2D eigenvalue weighted by Crippen LogP contribution is -2.20. The second-order valence-corrected chi connectivity index (χ2v) is 5.76. The molecule has 2 nitrogen and oxygen atoms in total.